The Kier molecular flexibility index (Phi) is 9.76. The molecule has 0 aliphatic heterocycles. The molecule has 0 aliphatic rings. The SMILES string of the molecule is CCCCOc1ccccc1COC(=O)OCc1ccccc1OCCCC. The van der Waals surface area contributed by atoms with Gasteiger partial charge in [0.25, 0.3) is 0 Å². The maximum atomic E-state index is 12.0. The molecule has 0 unspecified atom stereocenters. The second kappa shape index (κ2) is 12.7. The van der Waals surface area contributed by atoms with Gasteiger partial charge >= 0.3 is 6.16 Å². The van der Waals surface area contributed by atoms with E-state index in [1.807, 2.05) is 48.5 Å². The predicted molar refractivity (Wildman–Crippen MR) is 109 cm³/mol. The van der Waals surface area contributed by atoms with Crippen LogP contribution in [0, 0.1) is 0 Å². The van der Waals surface area contributed by atoms with Gasteiger partial charge in [0.1, 0.15) is 24.7 Å². The van der Waals surface area contributed by atoms with Crippen LogP contribution in [0.5, 0.6) is 11.5 Å². The van der Waals surface area contributed by atoms with E-state index in [9.17, 15) is 4.79 Å². The van der Waals surface area contributed by atoms with Crippen molar-refractivity contribution < 1.29 is 23.7 Å². The van der Waals surface area contributed by atoms with Gasteiger partial charge in [-0.3, -0.25) is 0 Å². The first kappa shape index (κ1) is 21.6. The molecule has 0 saturated heterocycles. The molecule has 152 valence electrons. The van der Waals surface area contributed by atoms with Crippen LogP contribution in [0.25, 0.3) is 0 Å². The molecule has 0 aliphatic carbocycles. The number of rotatable bonds is 12. The normalized spacial score (nSPS) is 10.4. The minimum Gasteiger partial charge on any atom is -0.493 e. The number of carbonyl (C=O) groups is 1. The minimum absolute atomic E-state index is 0.107. The van der Waals surface area contributed by atoms with Crippen LogP contribution in [0.2, 0.25) is 0 Å². The van der Waals surface area contributed by atoms with E-state index >= 15 is 0 Å². The van der Waals surface area contributed by atoms with Gasteiger partial charge in [-0.25, -0.2) is 4.79 Å². The summed E-state index contributed by atoms with van der Waals surface area (Å²) in [5.74, 6) is 1.47. The molecule has 2 aromatic carbocycles. The maximum absolute atomic E-state index is 12.0. The van der Waals surface area contributed by atoms with Crippen LogP contribution in [0.4, 0.5) is 4.79 Å². The molecule has 2 aromatic rings. The summed E-state index contributed by atoms with van der Waals surface area (Å²) < 4.78 is 22.0. The highest BCUT2D eigenvalue weighted by Gasteiger charge is 2.11. The Balaban J connectivity index is 1.82. The Morgan fingerprint density at radius 1 is 0.714 bits per heavy atom. The smallest absolute Gasteiger partial charge is 0.493 e. The van der Waals surface area contributed by atoms with Crippen molar-refractivity contribution in [1.82, 2.24) is 0 Å². The third-order valence-electron chi connectivity index (χ3n) is 4.15. The van der Waals surface area contributed by atoms with Crippen molar-refractivity contribution in [3.05, 3.63) is 59.7 Å². The van der Waals surface area contributed by atoms with Crippen molar-refractivity contribution in [2.75, 3.05) is 13.2 Å². The summed E-state index contributed by atoms with van der Waals surface area (Å²) in [5.41, 5.74) is 1.64. The third-order valence-corrected chi connectivity index (χ3v) is 4.15. The Hall–Kier alpha value is -2.69. The Bertz CT molecular complexity index is 654. The summed E-state index contributed by atoms with van der Waals surface area (Å²) in [7, 11) is 0. The molecule has 28 heavy (non-hydrogen) atoms. The van der Waals surface area contributed by atoms with Crippen LogP contribution in [-0.4, -0.2) is 19.4 Å². The maximum Gasteiger partial charge on any atom is 0.508 e. The molecule has 0 bridgehead atoms. The third kappa shape index (κ3) is 7.51. The van der Waals surface area contributed by atoms with Crippen molar-refractivity contribution >= 4 is 6.16 Å². The molecule has 2 rings (SSSR count). The molecule has 0 saturated carbocycles. The van der Waals surface area contributed by atoms with E-state index in [2.05, 4.69) is 13.8 Å². The fourth-order valence-electron chi connectivity index (χ4n) is 2.50. The van der Waals surface area contributed by atoms with Crippen LogP contribution >= 0.6 is 0 Å². The van der Waals surface area contributed by atoms with Crippen LogP contribution in [0.15, 0.2) is 48.5 Å². The lowest BCUT2D eigenvalue weighted by molar-refractivity contribution is 0.0435. The summed E-state index contributed by atoms with van der Waals surface area (Å²) in [6, 6.07) is 15.1. The van der Waals surface area contributed by atoms with Crippen molar-refractivity contribution in [1.29, 1.82) is 0 Å². The van der Waals surface area contributed by atoms with E-state index < -0.39 is 6.16 Å². The number of hydrogen-bond donors (Lipinski definition) is 0. The van der Waals surface area contributed by atoms with Crippen LogP contribution in [0.3, 0.4) is 0 Å². The summed E-state index contributed by atoms with van der Waals surface area (Å²) >= 11 is 0. The van der Waals surface area contributed by atoms with Crippen molar-refractivity contribution in [3.8, 4) is 11.5 Å². The number of para-hydroxylation sites is 2. The van der Waals surface area contributed by atoms with E-state index in [0.29, 0.717) is 13.2 Å². The Labute approximate surface area is 167 Å². The summed E-state index contributed by atoms with van der Waals surface area (Å²) in [5, 5.41) is 0. The van der Waals surface area contributed by atoms with Crippen molar-refractivity contribution in [2.45, 2.75) is 52.7 Å². The van der Waals surface area contributed by atoms with Gasteiger partial charge in [0.05, 0.1) is 13.2 Å². The van der Waals surface area contributed by atoms with Gasteiger partial charge in [-0.15, -0.1) is 0 Å². The summed E-state index contributed by atoms with van der Waals surface area (Å²) in [6.45, 7) is 5.73. The molecule has 0 spiro atoms. The largest absolute Gasteiger partial charge is 0.508 e. The number of carbonyl (C=O) groups excluding carboxylic acids is 1. The molecular weight excluding hydrogens is 356 g/mol. The lowest BCUT2D eigenvalue weighted by atomic mass is 10.2. The molecular formula is C23H30O5. The van der Waals surface area contributed by atoms with E-state index in [1.165, 1.54) is 0 Å². The van der Waals surface area contributed by atoms with Gasteiger partial charge in [0, 0.05) is 11.1 Å². The molecule has 5 nitrogen and oxygen atoms in total. The highest BCUT2D eigenvalue weighted by Crippen LogP contribution is 2.21. The fraction of sp³-hybridized carbons (Fsp3) is 0.435. The lowest BCUT2D eigenvalue weighted by Gasteiger charge is -2.13. The Morgan fingerprint density at radius 3 is 1.57 bits per heavy atom. The Morgan fingerprint density at radius 2 is 1.14 bits per heavy atom. The van der Waals surface area contributed by atoms with Crippen LogP contribution < -0.4 is 9.47 Å². The molecule has 0 amide bonds. The second-order valence-corrected chi connectivity index (χ2v) is 6.45. The predicted octanol–water partition coefficient (Wildman–Crippen LogP) is 5.90. The number of benzene rings is 2. The van der Waals surface area contributed by atoms with E-state index in [-0.39, 0.29) is 13.2 Å². The fourth-order valence-corrected chi connectivity index (χ4v) is 2.50. The standard InChI is InChI=1S/C23H30O5/c1-3-5-15-25-21-13-9-7-11-19(21)17-27-23(24)28-18-20-12-8-10-14-22(20)26-16-6-4-2/h7-14H,3-6,15-18H2,1-2H3. The molecule has 0 aromatic heterocycles. The second-order valence-electron chi connectivity index (χ2n) is 6.45. The minimum atomic E-state index is -0.716. The first-order valence-corrected chi connectivity index (χ1v) is 9.95. The molecule has 0 heterocycles. The zero-order chi connectivity index (χ0) is 20.0. The first-order valence-electron chi connectivity index (χ1n) is 9.95. The number of ether oxygens (including phenoxy) is 4. The van der Waals surface area contributed by atoms with Gasteiger partial charge in [0.15, 0.2) is 0 Å². The highest BCUT2D eigenvalue weighted by atomic mass is 16.7. The van der Waals surface area contributed by atoms with Crippen LogP contribution in [0.1, 0.15) is 50.7 Å². The molecule has 5 heteroatoms. The first-order chi connectivity index (χ1) is 13.7. The van der Waals surface area contributed by atoms with E-state index in [0.717, 1.165) is 48.3 Å². The molecule has 0 fully saturated rings. The number of unbranched alkanes of at least 4 members (excludes halogenated alkanes) is 2. The highest BCUT2D eigenvalue weighted by molar-refractivity contribution is 5.60. The quantitative estimate of drug-likeness (QED) is 0.336. The number of hydrogen-bond acceptors (Lipinski definition) is 5. The van der Waals surface area contributed by atoms with Gasteiger partial charge < -0.3 is 18.9 Å². The van der Waals surface area contributed by atoms with Gasteiger partial charge in [-0.05, 0) is 25.0 Å². The average molecular weight is 386 g/mol. The van der Waals surface area contributed by atoms with E-state index in [1.54, 1.807) is 0 Å². The van der Waals surface area contributed by atoms with Crippen molar-refractivity contribution in [3.63, 3.8) is 0 Å². The van der Waals surface area contributed by atoms with E-state index in [4.69, 9.17) is 18.9 Å². The summed E-state index contributed by atoms with van der Waals surface area (Å²) in [6.07, 6.45) is 3.38. The zero-order valence-corrected chi connectivity index (χ0v) is 16.8. The van der Waals surface area contributed by atoms with Crippen molar-refractivity contribution in [2.24, 2.45) is 0 Å². The van der Waals surface area contributed by atoms with Gasteiger partial charge in [-0.2, -0.15) is 0 Å². The van der Waals surface area contributed by atoms with Gasteiger partial charge in [0.2, 0.25) is 0 Å². The van der Waals surface area contributed by atoms with Gasteiger partial charge in [-0.1, -0.05) is 63.1 Å². The molecule has 0 N–H and O–H groups in total. The topological polar surface area (TPSA) is 54.0 Å². The zero-order valence-electron chi connectivity index (χ0n) is 16.8. The summed E-state index contributed by atoms with van der Waals surface area (Å²) in [4.78, 5) is 12.0. The average Bonchev–Trinajstić information content (AvgIpc) is 2.72. The lowest BCUT2D eigenvalue weighted by Crippen LogP contribution is -2.09. The molecule has 0 radical (unpaired) electrons. The molecule has 0 atom stereocenters. The monoisotopic (exact) mass is 386 g/mol. The van der Waals surface area contributed by atoms with Crippen LogP contribution in [-0.2, 0) is 22.7 Å².